The molecule has 3 aromatic carbocycles. The second-order valence-electron chi connectivity index (χ2n) is 6.43. The summed E-state index contributed by atoms with van der Waals surface area (Å²) in [5, 5.41) is 5.20. The largest absolute Gasteiger partial charge is 0.451 e. The van der Waals surface area contributed by atoms with Gasteiger partial charge in [-0.3, -0.25) is 4.79 Å². The van der Waals surface area contributed by atoms with E-state index in [1.54, 1.807) is 30.3 Å². The number of hydrogen-bond donors (Lipinski definition) is 1. The molecule has 0 aliphatic heterocycles. The summed E-state index contributed by atoms with van der Waals surface area (Å²) in [4.78, 5) is 12.6. The van der Waals surface area contributed by atoms with Gasteiger partial charge in [0.1, 0.15) is 5.76 Å². The quantitative estimate of drug-likeness (QED) is 0.290. The average Bonchev–Trinajstić information content (AvgIpc) is 3.28. The van der Waals surface area contributed by atoms with Crippen LogP contribution in [0.2, 0.25) is 10.0 Å². The van der Waals surface area contributed by atoms with Gasteiger partial charge in [-0.05, 0) is 24.3 Å². The van der Waals surface area contributed by atoms with Crippen molar-refractivity contribution in [3.63, 3.8) is 0 Å². The van der Waals surface area contributed by atoms with E-state index >= 15 is 0 Å². The standard InChI is InChI=1S/C24H16Cl2N2O2/c25-19-12-11-18(15-20(19)26)23(17-9-5-2-6-10-17)27-28-24(29)22-14-13-21(30-22)16-7-3-1-4-8-16/h1-15H,(H,28,29)/b27-23+. The summed E-state index contributed by atoms with van der Waals surface area (Å²) in [5.74, 6) is 0.322. The Morgan fingerprint density at radius 2 is 1.47 bits per heavy atom. The second-order valence-corrected chi connectivity index (χ2v) is 7.24. The smallest absolute Gasteiger partial charge is 0.307 e. The molecule has 1 heterocycles. The predicted octanol–water partition coefficient (Wildman–Crippen LogP) is 6.44. The highest BCUT2D eigenvalue weighted by molar-refractivity contribution is 6.42. The van der Waals surface area contributed by atoms with E-state index in [0.717, 1.165) is 16.7 Å². The van der Waals surface area contributed by atoms with Crippen LogP contribution in [0, 0.1) is 0 Å². The molecule has 1 aromatic heterocycles. The number of benzene rings is 3. The predicted molar refractivity (Wildman–Crippen MR) is 120 cm³/mol. The Hall–Kier alpha value is -3.34. The molecule has 4 aromatic rings. The van der Waals surface area contributed by atoms with Gasteiger partial charge in [-0.2, -0.15) is 5.10 Å². The number of nitrogens with one attached hydrogen (secondary N) is 1. The van der Waals surface area contributed by atoms with Crippen LogP contribution in [0.5, 0.6) is 0 Å². The maximum Gasteiger partial charge on any atom is 0.307 e. The first-order valence-corrected chi connectivity index (χ1v) is 9.91. The second kappa shape index (κ2) is 8.99. The molecule has 1 amide bonds. The van der Waals surface area contributed by atoms with Crippen molar-refractivity contribution >= 4 is 34.8 Å². The summed E-state index contributed by atoms with van der Waals surface area (Å²) >= 11 is 12.2. The molecule has 0 unspecified atom stereocenters. The number of carbonyl (C=O) groups excluding carboxylic acids is 1. The van der Waals surface area contributed by atoms with Gasteiger partial charge in [-0.1, -0.05) is 89.9 Å². The number of nitrogens with zero attached hydrogens (tertiary/aromatic N) is 1. The molecule has 0 saturated heterocycles. The Kier molecular flexibility index (Phi) is 5.98. The molecule has 0 aliphatic rings. The van der Waals surface area contributed by atoms with Crippen LogP contribution in [0.3, 0.4) is 0 Å². The lowest BCUT2D eigenvalue weighted by molar-refractivity contribution is 0.0928. The summed E-state index contributed by atoms with van der Waals surface area (Å²) in [5.41, 5.74) is 5.56. The van der Waals surface area contributed by atoms with Gasteiger partial charge >= 0.3 is 5.91 Å². The fourth-order valence-corrected chi connectivity index (χ4v) is 3.21. The van der Waals surface area contributed by atoms with Crippen molar-refractivity contribution in [2.45, 2.75) is 0 Å². The molecule has 148 valence electrons. The van der Waals surface area contributed by atoms with E-state index in [4.69, 9.17) is 27.6 Å². The van der Waals surface area contributed by atoms with Crippen molar-refractivity contribution in [3.05, 3.63) is 118 Å². The van der Waals surface area contributed by atoms with Crippen molar-refractivity contribution in [3.8, 4) is 11.3 Å². The van der Waals surface area contributed by atoms with Gasteiger partial charge in [-0.25, -0.2) is 5.43 Å². The molecule has 6 heteroatoms. The van der Waals surface area contributed by atoms with E-state index in [1.807, 2.05) is 60.7 Å². The number of furan rings is 1. The maximum absolute atomic E-state index is 12.6. The number of hydrogen-bond acceptors (Lipinski definition) is 3. The van der Waals surface area contributed by atoms with Gasteiger partial charge in [0, 0.05) is 16.7 Å². The SMILES string of the molecule is O=C(N/N=C(\c1ccccc1)c1ccc(Cl)c(Cl)c1)c1ccc(-c2ccccc2)o1. The molecule has 0 atom stereocenters. The average molecular weight is 435 g/mol. The van der Waals surface area contributed by atoms with E-state index in [2.05, 4.69) is 10.5 Å². The molecule has 0 fully saturated rings. The first kappa shape index (κ1) is 20.0. The zero-order chi connectivity index (χ0) is 20.9. The van der Waals surface area contributed by atoms with Gasteiger partial charge in [0.25, 0.3) is 0 Å². The number of amides is 1. The minimum atomic E-state index is -0.453. The lowest BCUT2D eigenvalue weighted by atomic mass is 10.0. The van der Waals surface area contributed by atoms with Crippen LogP contribution in [-0.2, 0) is 0 Å². The summed E-state index contributed by atoms with van der Waals surface area (Å²) in [6, 6.07) is 27.6. The monoisotopic (exact) mass is 434 g/mol. The summed E-state index contributed by atoms with van der Waals surface area (Å²) < 4.78 is 5.69. The maximum atomic E-state index is 12.6. The Morgan fingerprint density at radius 1 is 0.767 bits per heavy atom. The van der Waals surface area contributed by atoms with Crippen molar-refractivity contribution in [2.24, 2.45) is 5.10 Å². The molecule has 0 saturated carbocycles. The van der Waals surface area contributed by atoms with Crippen LogP contribution in [0.1, 0.15) is 21.7 Å². The van der Waals surface area contributed by atoms with E-state index in [-0.39, 0.29) is 5.76 Å². The topological polar surface area (TPSA) is 54.6 Å². The summed E-state index contributed by atoms with van der Waals surface area (Å²) in [7, 11) is 0. The van der Waals surface area contributed by atoms with E-state index in [9.17, 15) is 4.79 Å². The van der Waals surface area contributed by atoms with Gasteiger partial charge < -0.3 is 4.42 Å². The minimum absolute atomic E-state index is 0.166. The molecule has 0 radical (unpaired) electrons. The number of carbonyl (C=O) groups is 1. The Labute approximate surface area is 183 Å². The third kappa shape index (κ3) is 4.46. The van der Waals surface area contributed by atoms with Gasteiger partial charge in [0.05, 0.1) is 15.8 Å². The Balaban J connectivity index is 1.62. The lowest BCUT2D eigenvalue weighted by Gasteiger charge is -2.09. The molecule has 4 rings (SSSR count). The van der Waals surface area contributed by atoms with Gasteiger partial charge in [-0.15, -0.1) is 0 Å². The zero-order valence-electron chi connectivity index (χ0n) is 15.7. The fraction of sp³-hybridized carbons (Fsp3) is 0. The zero-order valence-corrected chi connectivity index (χ0v) is 17.2. The Morgan fingerprint density at radius 3 is 2.17 bits per heavy atom. The molecule has 0 aliphatic carbocycles. The van der Waals surface area contributed by atoms with Gasteiger partial charge in [0.2, 0.25) is 0 Å². The third-order valence-electron chi connectivity index (χ3n) is 4.40. The molecule has 4 nitrogen and oxygen atoms in total. The molecular formula is C24H16Cl2N2O2. The number of halogens is 2. The highest BCUT2D eigenvalue weighted by Gasteiger charge is 2.14. The van der Waals surface area contributed by atoms with Crippen molar-refractivity contribution in [1.82, 2.24) is 5.43 Å². The van der Waals surface area contributed by atoms with E-state index < -0.39 is 5.91 Å². The van der Waals surface area contributed by atoms with E-state index in [1.165, 1.54) is 0 Å². The van der Waals surface area contributed by atoms with Crippen molar-refractivity contribution < 1.29 is 9.21 Å². The van der Waals surface area contributed by atoms with Crippen LogP contribution < -0.4 is 5.43 Å². The van der Waals surface area contributed by atoms with Crippen LogP contribution in [0.25, 0.3) is 11.3 Å². The first-order chi connectivity index (χ1) is 14.6. The molecule has 0 spiro atoms. The molecular weight excluding hydrogens is 419 g/mol. The fourth-order valence-electron chi connectivity index (χ4n) is 2.91. The highest BCUT2D eigenvalue weighted by atomic mass is 35.5. The van der Waals surface area contributed by atoms with Crippen LogP contribution in [0.4, 0.5) is 0 Å². The van der Waals surface area contributed by atoms with Crippen molar-refractivity contribution in [2.75, 3.05) is 0 Å². The van der Waals surface area contributed by atoms with Crippen molar-refractivity contribution in [1.29, 1.82) is 0 Å². The third-order valence-corrected chi connectivity index (χ3v) is 5.14. The number of hydrazone groups is 1. The first-order valence-electron chi connectivity index (χ1n) is 9.16. The number of rotatable bonds is 5. The molecule has 0 bridgehead atoms. The molecule has 30 heavy (non-hydrogen) atoms. The Bertz CT molecular complexity index is 1200. The normalized spacial score (nSPS) is 11.3. The minimum Gasteiger partial charge on any atom is -0.451 e. The van der Waals surface area contributed by atoms with Crippen LogP contribution >= 0.6 is 23.2 Å². The summed E-state index contributed by atoms with van der Waals surface area (Å²) in [6.45, 7) is 0. The van der Waals surface area contributed by atoms with Crippen LogP contribution in [0.15, 0.2) is 101 Å². The van der Waals surface area contributed by atoms with Gasteiger partial charge in [0.15, 0.2) is 5.76 Å². The van der Waals surface area contributed by atoms with E-state index in [0.29, 0.717) is 21.5 Å². The molecule has 1 N–H and O–H groups in total. The summed E-state index contributed by atoms with van der Waals surface area (Å²) in [6.07, 6.45) is 0. The highest BCUT2D eigenvalue weighted by Crippen LogP contribution is 2.25. The van der Waals surface area contributed by atoms with Crippen LogP contribution in [-0.4, -0.2) is 11.6 Å². The lowest BCUT2D eigenvalue weighted by Crippen LogP contribution is -2.20.